The number of hydrogen-bond donors (Lipinski definition) is 1. The first kappa shape index (κ1) is 19.2. The van der Waals surface area contributed by atoms with E-state index >= 15 is 0 Å². The highest BCUT2D eigenvalue weighted by atomic mass is 19.1. The average Bonchev–Trinajstić information content (AvgIpc) is 3.27. The Morgan fingerprint density at radius 1 is 0.966 bits per heavy atom. The van der Waals surface area contributed by atoms with Gasteiger partial charge in [0.1, 0.15) is 11.6 Å². The second-order valence-corrected chi connectivity index (χ2v) is 7.20. The van der Waals surface area contributed by atoms with Gasteiger partial charge < -0.3 is 14.6 Å². The molecule has 0 saturated carbocycles. The van der Waals surface area contributed by atoms with Crippen LogP contribution in [0.5, 0.6) is 0 Å². The molecule has 0 aliphatic carbocycles. The number of nitrogens with zero attached hydrogens (tertiary/aromatic N) is 2. The molecule has 0 radical (unpaired) electrons. The number of piperazine rings is 1. The minimum atomic E-state index is -0.203. The number of rotatable bonds is 6. The topological polar surface area (TPSA) is 48.7 Å². The first-order valence-corrected chi connectivity index (χ1v) is 9.80. The van der Waals surface area contributed by atoms with Crippen LogP contribution in [0.1, 0.15) is 21.7 Å². The molecule has 0 bridgehead atoms. The summed E-state index contributed by atoms with van der Waals surface area (Å²) in [5.41, 5.74) is 2.89. The Hall–Kier alpha value is -3.12. The third-order valence-electron chi connectivity index (χ3n) is 5.19. The van der Waals surface area contributed by atoms with E-state index in [9.17, 15) is 9.18 Å². The third kappa shape index (κ3) is 5.03. The molecule has 2 heterocycles. The highest BCUT2D eigenvalue weighted by Gasteiger charge is 2.17. The van der Waals surface area contributed by atoms with Crippen LogP contribution in [-0.4, -0.2) is 37.0 Å². The summed E-state index contributed by atoms with van der Waals surface area (Å²) in [6.07, 6.45) is 1.59. The van der Waals surface area contributed by atoms with Crippen LogP contribution in [0.15, 0.2) is 71.3 Å². The Bertz CT molecular complexity index is 916. The van der Waals surface area contributed by atoms with Crippen molar-refractivity contribution in [3.05, 3.63) is 89.6 Å². The van der Waals surface area contributed by atoms with Crippen LogP contribution in [0.3, 0.4) is 0 Å². The molecule has 1 aromatic heterocycles. The maximum Gasteiger partial charge on any atom is 0.251 e. The van der Waals surface area contributed by atoms with Crippen LogP contribution in [0.25, 0.3) is 0 Å². The van der Waals surface area contributed by atoms with Crippen molar-refractivity contribution in [2.75, 3.05) is 31.1 Å². The molecular formula is C23H24FN3O2. The molecule has 2 aromatic carbocycles. The fourth-order valence-corrected chi connectivity index (χ4v) is 3.52. The lowest BCUT2D eigenvalue weighted by Gasteiger charge is -2.36. The second-order valence-electron chi connectivity index (χ2n) is 7.20. The fourth-order valence-electron chi connectivity index (χ4n) is 3.52. The van der Waals surface area contributed by atoms with Gasteiger partial charge in [0.25, 0.3) is 5.91 Å². The summed E-state index contributed by atoms with van der Waals surface area (Å²) < 4.78 is 18.3. The van der Waals surface area contributed by atoms with Crippen molar-refractivity contribution in [3.63, 3.8) is 0 Å². The Labute approximate surface area is 169 Å². The predicted octanol–water partition coefficient (Wildman–Crippen LogP) is 3.67. The van der Waals surface area contributed by atoms with Gasteiger partial charge >= 0.3 is 0 Å². The number of halogens is 1. The van der Waals surface area contributed by atoms with Gasteiger partial charge in [0, 0.05) is 44.0 Å². The van der Waals surface area contributed by atoms with E-state index in [4.69, 9.17) is 4.42 Å². The number of carbonyl (C=O) groups excluding carboxylic acids is 1. The molecule has 1 aliphatic rings. The van der Waals surface area contributed by atoms with E-state index in [1.54, 1.807) is 12.3 Å². The van der Waals surface area contributed by atoms with Gasteiger partial charge in [-0.05, 0) is 54.1 Å². The summed E-state index contributed by atoms with van der Waals surface area (Å²) in [4.78, 5) is 16.9. The summed E-state index contributed by atoms with van der Waals surface area (Å²) in [5, 5.41) is 2.85. The first-order valence-electron chi connectivity index (χ1n) is 9.80. The minimum Gasteiger partial charge on any atom is -0.467 e. The van der Waals surface area contributed by atoms with E-state index in [1.807, 2.05) is 42.5 Å². The lowest BCUT2D eigenvalue weighted by Crippen LogP contribution is -2.45. The highest BCUT2D eigenvalue weighted by Crippen LogP contribution is 2.18. The Morgan fingerprint density at radius 3 is 2.34 bits per heavy atom. The fraction of sp³-hybridized carbons (Fsp3) is 0.261. The van der Waals surface area contributed by atoms with Crippen LogP contribution < -0.4 is 10.2 Å². The molecule has 5 nitrogen and oxygen atoms in total. The van der Waals surface area contributed by atoms with E-state index in [0.717, 1.165) is 44.2 Å². The van der Waals surface area contributed by atoms with Crippen LogP contribution in [-0.2, 0) is 13.1 Å². The highest BCUT2D eigenvalue weighted by molar-refractivity contribution is 5.94. The van der Waals surface area contributed by atoms with Crippen molar-refractivity contribution < 1.29 is 13.6 Å². The molecule has 0 unspecified atom stereocenters. The van der Waals surface area contributed by atoms with Crippen LogP contribution in [0.4, 0.5) is 10.1 Å². The summed E-state index contributed by atoms with van der Waals surface area (Å²) in [6.45, 7) is 4.96. The van der Waals surface area contributed by atoms with Crippen molar-refractivity contribution >= 4 is 11.6 Å². The van der Waals surface area contributed by atoms with E-state index in [0.29, 0.717) is 12.1 Å². The van der Waals surface area contributed by atoms with E-state index in [2.05, 4.69) is 15.1 Å². The average molecular weight is 393 g/mol. The van der Waals surface area contributed by atoms with Gasteiger partial charge in [0.2, 0.25) is 0 Å². The maximum atomic E-state index is 13.1. The minimum absolute atomic E-state index is 0.110. The smallest absolute Gasteiger partial charge is 0.251 e. The number of benzene rings is 2. The van der Waals surface area contributed by atoms with Gasteiger partial charge in [0.05, 0.1) is 12.8 Å². The van der Waals surface area contributed by atoms with Crippen molar-refractivity contribution in [2.45, 2.75) is 13.1 Å². The van der Waals surface area contributed by atoms with Gasteiger partial charge in [-0.25, -0.2) is 4.39 Å². The van der Waals surface area contributed by atoms with E-state index in [1.165, 1.54) is 17.7 Å². The molecule has 1 amide bonds. The standard InChI is InChI=1S/C23H24FN3O2/c24-20-7-9-21(10-8-20)27-13-11-26(12-14-27)17-18-3-5-19(6-4-18)23(28)25-16-22-2-1-15-29-22/h1-10,15H,11-14,16-17H2,(H,25,28). The van der Waals surface area contributed by atoms with Crippen molar-refractivity contribution in [3.8, 4) is 0 Å². The van der Waals surface area contributed by atoms with Gasteiger partial charge in [0.15, 0.2) is 0 Å². The lowest BCUT2D eigenvalue weighted by atomic mass is 10.1. The summed E-state index contributed by atoms with van der Waals surface area (Å²) in [5.74, 6) is 0.418. The summed E-state index contributed by atoms with van der Waals surface area (Å²) in [7, 11) is 0. The molecule has 3 aromatic rings. The molecule has 1 fully saturated rings. The zero-order chi connectivity index (χ0) is 20.1. The molecule has 0 spiro atoms. The van der Waals surface area contributed by atoms with Crippen LogP contribution in [0.2, 0.25) is 0 Å². The maximum absolute atomic E-state index is 13.1. The Morgan fingerprint density at radius 2 is 1.69 bits per heavy atom. The van der Waals surface area contributed by atoms with Gasteiger partial charge in [-0.2, -0.15) is 0 Å². The van der Waals surface area contributed by atoms with Crippen molar-refractivity contribution in [1.82, 2.24) is 10.2 Å². The van der Waals surface area contributed by atoms with Gasteiger partial charge in [-0.15, -0.1) is 0 Å². The molecule has 0 atom stereocenters. The molecule has 4 rings (SSSR count). The zero-order valence-corrected chi connectivity index (χ0v) is 16.2. The molecule has 150 valence electrons. The Balaban J connectivity index is 1.26. The van der Waals surface area contributed by atoms with Crippen LogP contribution in [0, 0.1) is 5.82 Å². The van der Waals surface area contributed by atoms with Crippen LogP contribution >= 0.6 is 0 Å². The zero-order valence-electron chi connectivity index (χ0n) is 16.2. The van der Waals surface area contributed by atoms with Gasteiger partial charge in [-0.3, -0.25) is 9.69 Å². The molecule has 1 aliphatic heterocycles. The molecule has 1 saturated heterocycles. The van der Waals surface area contributed by atoms with Gasteiger partial charge in [-0.1, -0.05) is 12.1 Å². The summed E-state index contributed by atoms with van der Waals surface area (Å²) in [6, 6.07) is 18.1. The molecule has 6 heteroatoms. The number of nitrogens with one attached hydrogen (secondary N) is 1. The number of anilines is 1. The predicted molar refractivity (Wildman–Crippen MR) is 110 cm³/mol. The number of hydrogen-bond acceptors (Lipinski definition) is 4. The number of carbonyl (C=O) groups is 1. The van der Waals surface area contributed by atoms with E-state index in [-0.39, 0.29) is 11.7 Å². The monoisotopic (exact) mass is 393 g/mol. The summed E-state index contributed by atoms with van der Waals surface area (Å²) >= 11 is 0. The van der Waals surface area contributed by atoms with Crippen molar-refractivity contribution in [1.29, 1.82) is 0 Å². The molecule has 1 N–H and O–H groups in total. The Kier molecular flexibility index (Phi) is 5.91. The normalized spacial score (nSPS) is 14.7. The van der Waals surface area contributed by atoms with E-state index < -0.39 is 0 Å². The van der Waals surface area contributed by atoms with Crippen molar-refractivity contribution in [2.24, 2.45) is 0 Å². The lowest BCUT2D eigenvalue weighted by molar-refractivity contribution is 0.0948. The second kappa shape index (κ2) is 8.92. The quantitative estimate of drug-likeness (QED) is 0.694. The largest absolute Gasteiger partial charge is 0.467 e. The molecule has 29 heavy (non-hydrogen) atoms. The number of amides is 1. The third-order valence-corrected chi connectivity index (χ3v) is 5.19. The first-order chi connectivity index (χ1) is 14.2. The number of furan rings is 1. The SMILES string of the molecule is O=C(NCc1ccco1)c1ccc(CN2CCN(c3ccc(F)cc3)CC2)cc1. The molecular weight excluding hydrogens is 369 g/mol.